The quantitative estimate of drug-likeness (QED) is 0.329. The third-order valence-electron chi connectivity index (χ3n) is 3.84. The largest absolute Gasteiger partial charge is 0.508 e. The second kappa shape index (κ2) is 11.9. The molecular formula is C18H36O3. The topological polar surface area (TPSA) is 35.5 Å². The first-order valence-corrected chi connectivity index (χ1v) is 8.73. The molecule has 0 aromatic heterocycles. The molecule has 1 unspecified atom stereocenters. The van der Waals surface area contributed by atoms with Gasteiger partial charge >= 0.3 is 6.16 Å². The first kappa shape index (κ1) is 20.3. The normalized spacial score (nSPS) is 14.0. The fourth-order valence-corrected chi connectivity index (χ4v) is 2.36. The van der Waals surface area contributed by atoms with E-state index < -0.39 is 6.16 Å². The Hall–Kier alpha value is -0.730. The van der Waals surface area contributed by atoms with Gasteiger partial charge in [-0.25, -0.2) is 4.79 Å². The van der Waals surface area contributed by atoms with Crippen molar-refractivity contribution >= 4 is 6.16 Å². The summed E-state index contributed by atoms with van der Waals surface area (Å²) in [6, 6.07) is 0. The maximum atomic E-state index is 11.6. The molecule has 0 saturated carbocycles. The molecule has 0 fully saturated rings. The molecule has 3 nitrogen and oxygen atoms in total. The highest BCUT2D eigenvalue weighted by Gasteiger charge is 2.25. The molecule has 0 aliphatic heterocycles. The standard InChI is InChI=1S/C18H36O3/c1-6-8-10-11-13-18(5,12-9-7-2)15-21-17(19)20-14-16(3)4/h16H,6-15H2,1-5H3. The fourth-order valence-electron chi connectivity index (χ4n) is 2.36. The van der Waals surface area contributed by atoms with Crippen LogP contribution in [0.5, 0.6) is 0 Å². The lowest BCUT2D eigenvalue weighted by Gasteiger charge is -2.29. The van der Waals surface area contributed by atoms with Gasteiger partial charge in [0, 0.05) is 5.41 Å². The van der Waals surface area contributed by atoms with Gasteiger partial charge in [0.25, 0.3) is 0 Å². The Bertz CT molecular complexity index is 263. The van der Waals surface area contributed by atoms with E-state index >= 15 is 0 Å². The van der Waals surface area contributed by atoms with Crippen molar-refractivity contribution in [3.63, 3.8) is 0 Å². The molecule has 0 bridgehead atoms. The molecule has 0 spiro atoms. The van der Waals surface area contributed by atoms with Crippen molar-refractivity contribution in [2.75, 3.05) is 13.2 Å². The van der Waals surface area contributed by atoms with Gasteiger partial charge in [0.05, 0.1) is 6.61 Å². The van der Waals surface area contributed by atoms with Crippen LogP contribution in [0.3, 0.4) is 0 Å². The van der Waals surface area contributed by atoms with E-state index in [0.29, 0.717) is 19.1 Å². The summed E-state index contributed by atoms with van der Waals surface area (Å²) in [6.07, 6.45) is 9.15. The van der Waals surface area contributed by atoms with Gasteiger partial charge in [-0.1, -0.05) is 73.1 Å². The van der Waals surface area contributed by atoms with E-state index in [2.05, 4.69) is 20.8 Å². The predicted molar refractivity (Wildman–Crippen MR) is 88.5 cm³/mol. The number of carbonyl (C=O) groups excluding carboxylic acids is 1. The zero-order valence-electron chi connectivity index (χ0n) is 14.9. The number of hydrogen-bond donors (Lipinski definition) is 0. The van der Waals surface area contributed by atoms with Gasteiger partial charge in [0.1, 0.15) is 6.61 Å². The van der Waals surface area contributed by atoms with Crippen molar-refractivity contribution in [3.05, 3.63) is 0 Å². The van der Waals surface area contributed by atoms with Crippen LogP contribution in [0.2, 0.25) is 0 Å². The maximum Gasteiger partial charge on any atom is 0.508 e. The minimum Gasteiger partial charge on any atom is -0.434 e. The van der Waals surface area contributed by atoms with Crippen LogP contribution in [0.25, 0.3) is 0 Å². The second-order valence-corrected chi connectivity index (χ2v) is 6.97. The zero-order valence-corrected chi connectivity index (χ0v) is 14.9. The molecule has 0 rings (SSSR count). The van der Waals surface area contributed by atoms with Crippen molar-refractivity contribution in [1.82, 2.24) is 0 Å². The van der Waals surface area contributed by atoms with Crippen LogP contribution in [0.15, 0.2) is 0 Å². The van der Waals surface area contributed by atoms with E-state index in [0.717, 1.165) is 12.8 Å². The first-order valence-electron chi connectivity index (χ1n) is 8.73. The highest BCUT2D eigenvalue weighted by molar-refractivity contribution is 5.59. The van der Waals surface area contributed by atoms with Crippen molar-refractivity contribution < 1.29 is 14.3 Å². The van der Waals surface area contributed by atoms with Gasteiger partial charge in [-0.2, -0.15) is 0 Å². The predicted octanol–water partition coefficient (Wildman–Crippen LogP) is 5.96. The molecule has 0 aliphatic carbocycles. The summed E-state index contributed by atoms with van der Waals surface area (Å²) in [6.45, 7) is 11.6. The van der Waals surface area contributed by atoms with Gasteiger partial charge in [0.2, 0.25) is 0 Å². The van der Waals surface area contributed by atoms with E-state index in [1.807, 2.05) is 13.8 Å². The van der Waals surface area contributed by atoms with Crippen LogP contribution in [0.4, 0.5) is 4.79 Å². The molecule has 126 valence electrons. The average molecular weight is 300 g/mol. The van der Waals surface area contributed by atoms with E-state index in [-0.39, 0.29) is 5.41 Å². The van der Waals surface area contributed by atoms with E-state index in [1.54, 1.807) is 0 Å². The van der Waals surface area contributed by atoms with Crippen LogP contribution in [-0.2, 0) is 9.47 Å². The van der Waals surface area contributed by atoms with Crippen LogP contribution >= 0.6 is 0 Å². The molecule has 0 aromatic carbocycles. The van der Waals surface area contributed by atoms with Crippen molar-refractivity contribution in [2.24, 2.45) is 11.3 Å². The summed E-state index contributed by atoms with van der Waals surface area (Å²) < 4.78 is 10.4. The summed E-state index contributed by atoms with van der Waals surface area (Å²) in [5.41, 5.74) is 0.0978. The third kappa shape index (κ3) is 11.6. The Kier molecular flexibility index (Phi) is 11.5. The van der Waals surface area contributed by atoms with Crippen molar-refractivity contribution in [3.8, 4) is 0 Å². The highest BCUT2D eigenvalue weighted by Crippen LogP contribution is 2.31. The number of rotatable bonds is 12. The van der Waals surface area contributed by atoms with E-state index in [1.165, 1.54) is 38.5 Å². The molecule has 21 heavy (non-hydrogen) atoms. The molecule has 3 heteroatoms. The SMILES string of the molecule is CCCCCCC(C)(CCCC)COC(=O)OCC(C)C. The molecule has 0 aromatic rings. The summed E-state index contributed by atoms with van der Waals surface area (Å²) in [4.78, 5) is 11.6. The Morgan fingerprint density at radius 1 is 0.952 bits per heavy atom. The highest BCUT2D eigenvalue weighted by atomic mass is 16.7. The molecule has 1 atom stereocenters. The minimum atomic E-state index is -0.514. The van der Waals surface area contributed by atoms with Gasteiger partial charge < -0.3 is 9.47 Å². The maximum absolute atomic E-state index is 11.6. The molecule has 0 radical (unpaired) electrons. The Labute approximate surface area is 131 Å². The molecule has 0 heterocycles. The minimum absolute atomic E-state index is 0.0978. The van der Waals surface area contributed by atoms with Gasteiger partial charge in [-0.15, -0.1) is 0 Å². The second-order valence-electron chi connectivity index (χ2n) is 6.97. The number of unbranched alkanes of at least 4 members (excludes halogenated alkanes) is 4. The van der Waals surface area contributed by atoms with Gasteiger partial charge in [0.15, 0.2) is 0 Å². The Balaban J connectivity index is 4.16. The smallest absolute Gasteiger partial charge is 0.434 e. The van der Waals surface area contributed by atoms with Crippen molar-refractivity contribution in [1.29, 1.82) is 0 Å². The lowest BCUT2D eigenvalue weighted by atomic mass is 9.81. The zero-order chi connectivity index (χ0) is 16.1. The number of carbonyl (C=O) groups is 1. The van der Waals surface area contributed by atoms with Crippen LogP contribution < -0.4 is 0 Å². The monoisotopic (exact) mass is 300 g/mol. The number of hydrogen-bond acceptors (Lipinski definition) is 3. The first-order chi connectivity index (χ1) is 9.93. The van der Waals surface area contributed by atoms with Gasteiger partial charge in [-0.05, 0) is 18.8 Å². The Morgan fingerprint density at radius 2 is 1.57 bits per heavy atom. The van der Waals surface area contributed by atoms with Crippen LogP contribution in [0, 0.1) is 11.3 Å². The lowest BCUT2D eigenvalue weighted by molar-refractivity contribution is 0.0145. The molecule has 0 amide bonds. The number of ether oxygens (including phenoxy) is 2. The average Bonchev–Trinajstić information content (AvgIpc) is 2.45. The lowest BCUT2D eigenvalue weighted by Crippen LogP contribution is -2.26. The van der Waals surface area contributed by atoms with Crippen molar-refractivity contribution in [2.45, 2.75) is 86.0 Å². The van der Waals surface area contributed by atoms with Crippen LogP contribution in [-0.4, -0.2) is 19.4 Å². The molecule has 0 saturated heterocycles. The summed E-state index contributed by atoms with van der Waals surface area (Å²) in [5.74, 6) is 0.345. The fraction of sp³-hybridized carbons (Fsp3) is 0.944. The summed E-state index contributed by atoms with van der Waals surface area (Å²) in [7, 11) is 0. The Morgan fingerprint density at radius 3 is 2.14 bits per heavy atom. The van der Waals surface area contributed by atoms with Gasteiger partial charge in [-0.3, -0.25) is 0 Å². The molecule has 0 aliphatic rings. The summed E-state index contributed by atoms with van der Waals surface area (Å²) in [5, 5.41) is 0. The van der Waals surface area contributed by atoms with Crippen LogP contribution in [0.1, 0.15) is 86.0 Å². The van der Waals surface area contributed by atoms with E-state index in [4.69, 9.17) is 9.47 Å². The summed E-state index contributed by atoms with van der Waals surface area (Å²) >= 11 is 0. The molecule has 0 N–H and O–H groups in total. The van der Waals surface area contributed by atoms with E-state index in [9.17, 15) is 4.79 Å². The molecular weight excluding hydrogens is 264 g/mol. The third-order valence-corrected chi connectivity index (χ3v) is 3.84.